The van der Waals surface area contributed by atoms with Crippen molar-refractivity contribution in [1.29, 1.82) is 0 Å². The van der Waals surface area contributed by atoms with Gasteiger partial charge in [-0.2, -0.15) is 0 Å². The van der Waals surface area contributed by atoms with Gasteiger partial charge in [0.2, 0.25) is 5.91 Å². The van der Waals surface area contributed by atoms with Crippen LogP contribution < -0.4 is 10.6 Å². The van der Waals surface area contributed by atoms with Crippen molar-refractivity contribution in [3.05, 3.63) is 17.3 Å². The number of nitrogens with one attached hydrogen (secondary N) is 2. The lowest BCUT2D eigenvalue weighted by molar-refractivity contribution is -0.141. The molecule has 0 aliphatic rings. The van der Waals surface area contributed by atoms with Crippen molar-refractivity contribution in [2.75, 3.05) is 11.9 Å². The molecular weight excluding hydrogens is 316 g/mol. The fourth-order valence-corrected chi connectivity index (χ4v) is 3.04. The lowest BCUT2D eigenvalue weighted by atomic mass is 10.1. The molecular formula is C15H20N4O3S. The molecule has 1 unspecified atom stereocenters. The summed E-state index contributed by atoms with van der Waals surface area (Å²) in [6, 6.07) is 1.11. The Balaban J connectivity index is 1.96. The number of aryl methyl sites for hydroxylation is 1. The van der Waals surface area contributed by atoms with E-state index in [4.69, 9.17) is 5.11 Å². The van der Waals surface area contributed by atoms with Gasteiger partial charge >= 0.3 is 5.97 Å². The number of unbranched alkanes of at least 4 members (excludes halogenated alkanes) is 1. The number of carboxylic acids is 1. The van der Waals surface area contributed by atoms with Gasteiger partial charge in [0.1, 0.15) is 23.0 Å². The fraction of sp³-hybridized carbons (Fsp3) is 0.467. The lowest BCUT2D eigenvalue weighted by Gasteiger charge is -2.14. The first kappa shape index (κ1) is 17.1. The number of hydrogen-bond donors (Lipinski definition) is 3. The van der Waals surface area contributed by atoms with Crippen molar-refractivity contribution >= 4 is 39.2 Å². The zero-order valence-corrected chi connectivity index (χ0v) is 13.9. The van der Waals surface area contributed by atoms with Gasteiger partial charge < -0.3 is 15.7 Å². The fourth-order valence-electron chi connectivity index (χ4n) is 2.19. The summed E-state index contributed by atoms with van der Waals surface area (Å²) in [7, 11) is 0. The normalized spacial score (nSPS) is 12.1. The molecule has 2 rings (SSSR count). The van der Waals surface area contributed by atoms with Gasteiger partial charge in [-0.1, -0.05) is 19.8 Å². The molecule has 0 aliphatic heterocycles. The van der Waals surface area contributed by atoms with Gasteiger partial charge in [0, 0.05) is 4.88 Å². The van der Waals surface area contributed by atoms with E-state index in [1.807, 2.05) is 19.9 Å². The first-order valence-corrected chi connectivity index (χ1v) is 8.30. The first-order chi connectivity index (χ1) is 11.0. The van der Waals surface area contributed by atoms with Crippen molar-refractivity contribution in [2.45, 2.75) is 39.2 Å². The number of carbonyl (C=O) groups is 2. The molecule has 0 saturated carbocycles. The summed E-state index contributed by atoms with van der Waals surface area (Å²) in [6.45, 7) is 3.93. The molecule has 7 nitrogen and oxygen atoms in total. The third kappa shape index (κ3) is 4.62. The minimum absolute atomic E-state index is 0.0308. The number of thiophene rings is 1. The molecule has 2 aromatic heterocycles. The molecule has 0 fully saturated rings. The van der Waals surface area contributed by atoms with E-state index >= 15 is 0 Å². The molecule has 124 valence electrons. The number of rotatable bonds is 8. The van der Waals surface area contributed by atoms with Crippen LogP contribution in [0.1, 0.15) is 31.1 Å². The van der Waals surface area contributed by atoms with Crippen LogP contribution in [0.15, 0.2) is 12.4 Å². The smallest absolute Gasteiger partial charge is 0.326 e. The minimum Gasteiger partial charge on any atom is -0.480 e. The van der Waals surface area contributed by atoms with Gasteiger partial charge in [-0.15, -0.1) is 11.3 Å². The number of nitrogens with zero attached hydrogens (tertiary/aromatic N) is 2. The summed E-state index contributed by atoms with van der Waals surface area (Å²) >= 11 is 1.55. The summed E-state index contributed by atoms with van der Waals surface area (Å²) in [4.78, 5) is 33.4. The van der Waals surface area contributed by atoms with E-state index in [0.717, 1.165) is 27.9 Å². The second kappa shape index (κ2) is 7.87. The minimum atomic E-state index is -1.01. The molecule has 8 heteroatoms. The molecule has 0 spiro atoms. The summed E-state index contributed by atoms with van der Waals surface area (Å²) < 4.78 is 0. The zero-order chi connectivity index (χ0) is 16.8. The van der Waals surface area contributed by atoms with Gasteiger partial charge in [0.25, 0.3) is 0 Å². The van der Waals surface area contributed by atoms with E-state index in [-0.39, 0.29) is 12.5 Å². The van der Waals surface area contributed by atoms with Crippen LogP contribution in [-0.2, 0) is 9.59 Å². The van der Waals surface area contributed by atoms with Crippen LogP contribution in [0.2, 0.25) is 0 Å². The van der Waals surface area contributed by atoms with Crippen LogP contribution in [-0.4, -0.2) is 39.5 Å². The Hall–Kier alpha value is -2.22. The molecule has 2 heterocycles. The highest BCUT2D eigenvalue weighted by Crippen LogP contribution is 2.27. The third-order valence-electron chi connectivity index (χ3n) is 3.35. The standard InChI is InChI=1S/C15H20N4O3S/c1-3-4-5-11(15(21)22)19-12(20)7-16-13-10-6-9(2)23-14(10)18-8-17-13/h6,8,11H,3-5,7H2,1-2H3,(H,19,20)(H,21,22)(H,16,17,18). The number of amides is 1. The quantitative estimate of drug-likeness (QED) is 0.682. The predicted octanol–water partition coefficient (Wildman–Crippen LogP) is 2.17. The predicted molar refractivity (Wildman–Crippen MR) is 89.7 cm³/mol. The maximum absolute atomic E-state index is 12.0. The van der Waals surface area contributed by atoms with Crippen LogP contribution in [0.5, 0.6) is 0 Å². The zero-order valence-electron chi connectivity index (χ0n) is 13.1. The van der Waals surface area contributed by atoms with Crippen LogP contribution in [0.3, 0.4) is 0 Å². The van der Waals surface area contributed by atoms with Gasteiger partial charge in [-0.3, -0.25) is 4.79 Å². The number of carboxylic acid groups (broad SMARTS) is 1. The Kier molecular flexibility index (Phi) is 5.86. The van der Waals surface area contributed by atoms with Gasteiger partial charge in [0.05, 0.1) is 11.9 Å². The molecule has 0 saturated heterocycles. The molecule has 23 heavy (non-hydrogen) atoms. The number of carbonyl (C=O) groups excluding carboxylic acids is 1. The summed E-state index contributed by atoms with van der Waals surface area (Å²) in [5.41, 5.74) is 0. The van der Waals surface area contributed by atoms with Crippen molar-refractivity contribution in [1.82, 2.24) is 15.3 Å². The molecule has 1 atom stereocenters. The van der Waals surface area contributed by atoms with Crippen LogP contribution in [0.4, 0.5) is 5.82 Å². The lowest BCUT2D eigenvalue weighted by Crippen LogP contribution is -2.43. The summed E-state index contributed by atoms with van der Waals surface area (Å²) in [5, 5.41) is 15.5. The largest absolute Gasteiger partial charge is 0.480 e. The summed E-state index contributed by atoms with van der Waals surface area (Å²) in [5.74, 6) is -0.799. The van der Waals surface area contributed by atoms with Crippen LogP contribution in [0, 0.1) is 6.92 Å². The van der Waals surface area contributed by atoms with Crippen LogP contribution >= 0.6 is 11.3 Å². The third-order valence-corrected chi connectivity index (χ3v) is 4.31. The van der Waals surface area contributed by atoms with E-state index in [9.17, 15) is 9.59 Å². The number of aromatic nitrogens is 2. The van der Waals surface area contributed by atoms with Crippen molar-refractivity contribution in [2.24, 2.45) is 0 Å². The van der Waals surface area contributed by atoms with E-state index in [2.05, 4.69) is 20.6 Å². The Morgan fingerprint density at radius 2 is 2.17 bits per heavy atom. The Bertz CT molecular complexity index is 701. The highest BCUT2D eigenvalue weighted by molar-refractivity contribution is 7.18. The topological polar surface area (TPSA) is 104 Å². The van der Waals surface area contributed by atoms with Crippen molar-refractivity contribution in [3.63, 3.8) is 0 Å². The number of fused-ring (bicyclic) bond motifs is 1. The van der Waals surface area contributed by atoms with Crippen molar-refractivity contribution < 1.29 is 14.7 Å². The number of hydrogen-bond acceptors (Lipinski definition) is 6. The molecule has 0 aromatic carbocycles. The van der Waals surface area contributed by atoms with E-state index in [0.29, 0.717) is 12.2 Å². The first-order valence-electron chi connectivity index (χ1n) is 7.48. The molecule has 1 amide bonds. The molecule has 0 radical (unpaired) electrons. The van der Waals surface area contributed by atoms with E-state index in [1.54, 1.807) is 11.3 Å². The maximum Gasteiger partial charge on any atom is 0.326 e. The average molecular weight is 336 g/mol. The monoisotopic (exact) mass is 336 g/mol. The second-order valence-electron chi connectivity index (χ2n) is 5.25. The second-order valence-corrected chi connectivity index (χ2v) is 6.49. The number of anilines is 1. The van der Waals surface area contributed by atoms with E-state index in [1.165, 1.54) is 6.33 Å². The van der Waals surface area contributed by atoms with E-state index < -0.39 is 12.0 Å². The Morgan fingerprint density at radius 3 is 2.87 bits per heavy atom. The van der Waals surface area contributed by atoms with Gasteiger partial charge in [-0.25, -0.2) is 14.8 Å². The van der Waals surface area contributed by atoms with Gasteiger partial charge in [-0.05, 0) is 19.4 Å². The maximum atomic E-state index is 12.0. The van der Waals surface area contributed by atoms with Crippen LogP contribution in [0.25, 0.3) is 10.2 Å². The Labute approximate surface area is 138 Å². The highest BCUT2D eigenvalue weighted by atomic mass is 32.1. The van der Waals surface area contributed by atoms with Gasteiger partial charge in [0.15, 0.2) is 0 Å². The molecule has 2 aromatic rings. The Morgan fingerprint density at radius 1 is 1.39 bits per heavy atom. The highest BCUT2D eigenvalue weighted by Gasteiger charge is 2.19. The molecule has 3 N–H and O–H groups in total. The van der Waals surface area contributed by atoms with Crippen molar-refractivity contribution in [3.8, 4) is 0 Å². The summed E-state index contributed by atoms with van der Waals surface area (Å²) in [6.07, 6.45) is 3.51. The molecule has 0 aliphatic carbocycles. The average Bonchev–Trinajstić information content (AvgIpc) is 2.89. The molecule has 0 bridgehead atoms. The number of aliphatic carboxylic acids is 1. The SMILES string of the molecule is CCCCC(NC(=O)CNc1ncnc2sc(C)cc12)C(=O)O.